The van der Waals surface area contributed by atoms with Gasteiger partial charge in [0.05, 0.1) is 5.69 Å². The largest absolute Gasteiger partial charge is 0.481 e. The Morgan fingerprint density at radius 1 is 1.39 bits per heavy atom. The Morgan fingerprint density at radius 2 is 2.06 bits per heavy atom. The van der Waals surface area contributed by atoms with Crippen LogP contribution in [0.2, 0.25) is 0 Å². The lowest BCUT2D eigenvalue weighted by Gasteiger charge is -2.10. The van der Waals surface area contributed by atoms with Crippen molar-refractivity contribution >= 4 is 17.6 Å². The third-order valence-corrected chi connectivity index (χ3v) is 2.46. The SMILES string of the molecule is Cc1ccc(NC(=O)CC(C)CC(=O)O)c(F)c1. The van der Waals surface area contributed by atoms with Gasteiger partial charge in [0.1, 0.15) is 5.82 Å². The smallest absolute Gasteiger partial charge is 0.303 e. The molecule has 98 valence electrons. The highest BCUT2D eigenvalue weighted by Crippen LogP contribution is 2.16. The average molecular weight is 253 g/mol. The molecule has 0 aliphatic carbocycles. The first-order chi connectivity index (χ1) is 8.38. The van der Waals surface area contributed by atoms with E-state index >= 15 is 0 Å². The van der Waals surface area contributed by atoms with Crippen LogP contribution in [-0.4, -0.2) is 17.0 Å². The van der Waals surface area contributed by atoms with Gasteiger partial charge in [-0.2, -0.15) is 0 Å². The first-order valence-electron chi connectivity index (χ1n) is 5.66. The number of halogens is 1. The van der Waals surface area contributed by atoms with E-state index < -0.39 is 11.8 Å². The van der Waals surface area contributed by atoms with Gasteiger partial charge >= 0.3 is 5.97 Å². The van der Waals surface area contributed by atoms with Crippen LogP contribution in [0.3, 0.4) is 0 Å². The summed E-state index contributed by atoms with van der Waals surface area (Å²) in [6.07, 6.45) is -0.0244. The number of amides is 1. The van der Waals surface area contributed by atoms with Gasteiger partial charge in [0, 0.05) is 12.8 Å². The quantitative estimate of drug-likeness (QED) is 0.847. The molecule has 0 radical (unpaired) electrons. The molecule has 0 saturated heterocycles. The van der Waals surface area contributed by atoms with E-state index in [1.807, 2.05) is 0 Å². The Kier molecular flexibility index (Phi) is 4.83. The number of carbonyl (C=O) groups excluding carboxylic acids is 1. The number of carboxylic acid groups (broad SMARTS) is 1. The number of anilines is 1. The number of carboxylic acids is 1. The van der Waals surface area contributed by atoms with Crippen LogP contribution in [0.25, 0.3) is 0 Å². The molecule has 0 bridgehead atoms. The summed E-state index contributed by atoms with van der Waals surface area (Å²) in [6, 6.07) is 4.51. The Hall–Kier alpha value is -1.91. The maximum Gasteiger partial charge on any atom is 0.303 e. The molecule has 2 N–H and O–H groups in total. The normalized spacial score (nSPS) is 11.9. The van der Waals surface area contributed by atoms with Crippen LogP contribution in [0.15, 0.2) is 18.2 Å². The number of nitrogens with one attached hydrogen (secondary N) is 1. The summed E-state index contributed by atoms with van der Waals surface area (Å²) in [5, 5.41) is 11.0. The third kappa shape index (κ3) is 4.53. The van der Waals surface area contributed by atoms with Gasteiger partial charge in [-0.3, -0.25) is 9.59 Å². The van der Waals surface area contributed by atoms with Gasteiger partial charge in [0.2, 0.25) is 5.91 Å². The summed E-state index contributed by atoms with van der Waals surface area (Å²) in [7, 11) is 0. The van der Waals surface area contributed by atoms with Crippen LogP contribution in [0.5, 0.6) is 0 Å². The number of benzene rings is 1. The van der Waals surface area contributed by atoms with Crippen LogP contribution < -0.4 is 5.32 Å². The maximum absolute atomic E-state index is 13.4. The Bertz CT molecular complexity index is 460. The minimum atomic E-state index is -0.947. The van der Waals surface area contributed by atoms with Crippen LogP contribution in [-0.2, 0) is 9.59 Å². The molecule has 1 rings (SSSR count). The van der Waals surface area contributed by atoms with Crippen molar-refractivity contribution in [3.63, 3.8) is 0 Å². The number of carbonyl (C=O) groups is 2. The minimum absolute atomic E-state index is 0.0552. The van der Waals surface area contributed by atoms with Crippen molar-refractivity contribution in [2.45, 2.75) is 26.7 Å². The zero-order valence-electron chi connectivity index (χ0n) is 10.4. The maximum atomic E-state index is 13.4. The van der Waals surface area contributed by atoms with E-state index in [0.717, 1.165) is 5.56 Å². The van der Waals surface area contributed by atoms with Crippen LogP contribution in [0.4, 0.5) is 10.1 Å². The Morgan fingerprint density at radius 3 is 2.61 bits per heavy atom. The van der Waals surface area contributed by atoms with E-state index in [0.29, 0.717) is 0 Å². The average Bonchev–Trinajstić information content (AvgIpc) is 2.20. The van der Waals surface area contributed by atoms with Crippen molar-refractivity contribution in [1.82, 2.24) is 0 Å². The summed E-state index contributed by atoms with van der Waals surface area (Å²) in [6.45, 7) is 3.42. The number of aliphatic carboxylic acids is 1. The van der Waals surface area contributed by atoms with E-state index in [2.05, 4.69) is 5.32 Å². The van der Waals surface area contributed by atoms with Gasteiger partial charge in [0.25, 0.3) is 0 Å². The zero-order valence-corrected chi connectivity index (χ0v) is 10.4. The molecular weight excluding hydrogens is 237 g/mol. The van der Waals surface area contributed by atoms with Crippen molar-refractivity contribution in [2.75, 3.05) is 5.32 Å². The summed E-state index contributed by atoms with van der Waals surface area (Å²) in [5.41, 5.74) is 0.887. The molecule has 0 aliphatic heterocycles. The minimum Gasteiger partial charge on any atom is -0.481 e. The monoisotopic (exact) mass is 253 g/mol. The second-order valence-electron chi connectivity index (χ2n) is 4.44. The molecule has 0 fully saturated rings. The molecule has 1 atom stereocenters. The van der Waals surface area contributed by atoms with E-state index in [1.165, 1.54) is 12.1 Å². The molecule has 1 aromatic carbocycles. The van der Waals surface area contributed by atoms with E-state index in [1.54, 1.807) is 19.9 Å². The molecule has 1 amide bonds. The molecule has 18 heavy (non-hydrogen) atoms. The first-order valence-corrected chi connectivity index (χ1v) is 5.66. The summed E-state index contributed by atoms with van der Waals surface area (Å²) >= 11 is 0. The highest BCUT2D eigenvalue weighted by Gasteiger charge is 2.13. The Balaban J connectivity index is 2.56. The van der Waals surface area contributed by atoms with Gasteiger partial charge in [-0.15, -0.1) is 0 Å². The number of aryl methyl sites for hydroxylation is 1. The second-order valence-corrected chi connectivity index (χ2v) is 4.44. The topological polar surface area (TPSA) is 66.4 Å². The molecule has 0 aliphatic rings. The standard InChI is InChI=1S/C13H16FNO3/c1-8-3-4-11(10(14)5-8)15-12(16)6-9(2)7-13(17)18/h3-5,9H,6-7H2,1-2H3,(H,15,16)(H,17,18). The molecule has 0 heterocycles. The molecule has 0 aromatic heterocycles. The molecule has 4 nitrogen and oxygen atoms in total. The molecule has 5 heteroatoms. The van der Waals surface area contributed by atoms with Crippen molar-refractivity contribution < 1.29 is 19.1 Å². The fourth-order valence-electron chi connectivity index (χ4n) is 1.61. The highest BCUT2D eigenvalue weighted by molar-refractivity contribution is 5.91. The molecule has 0 saturated carbocycles. The van der Waals surface area contributed by atoms with Crippen LogP contribution in [0.1, 0.15) is 25.3 Å². The summed E-state index contributed by atoms with van der Waals surface area (Å²) < 4.78 is 13.4. The Labute approximate surface area is 105 Å². The highest BCUT2D eigenvalue weighted by atomic mass is 19.1. The first kappa shape index (κ1) is 14.2. The van der Waals surface area contributed by atoms with Crippen LogP contribution in [0, 0.1) is 18.7 Å². The van der Waals surface area contributed by atoms with Crippen molar-refractivity contribution in [2.24, 2.45) is 5.92 Å². The van der Waals surface area contributed by atoms with E-state index in [9.17, 15) is 14.0 Å². The molecular formula is C13H16FNO3. The predicted octanol–water partition coefficient (Wildman–Crippen LogP) is 2.57. The van der Waals surface area contributed by atoms with Gasteiger partial charge in [-0.05, 0) is 30.5 Å². The number of hydrogen-bond acceptors (Lipinski definition) is 2. The summed E-state index contributed by atoms with van der Waals surface area (Å²) in [5.74, 6) is -2.10. The van der Waals surface area contributed by atoms with Crippen molar-refractivity contribution in [3.05, 3.63) is 29.6 Å². The fourth-order valence-corrected chi connectivity index (χ4v) is 1.61. The third-order valence-electron chi connectivity index (χ3n) is 2.46. The zero-order chi connectivity index (χ0) is 13.7. The van der Waals surface area contributed by atoms with Gasteiger partial charge in [0.15, 0.2) is 0 Å². The van der Waals surface area contributed by atoms with Gasteiger partial charge < -0.3 is 10.4 Å². The lowest BCUT2D eigenvalue weighted by molar-refractivity contribution is -0.138. The summed E-state index contributed by atoms with van der Waals surface area (Å²) in [4.78, 5) is 22.0. The number of rotatable bonds is 5. The number of hydrogen-bond donors (Lipinski definition) is 2. The second kappa shape index (κ2) is 6.14. The fraction of sp³-hybridized carbons (Fsp3) is 0.385. The van der Waals surface area contributed by atoms with Crippen molar-refractivity contribution in [3.8, 4) is 0 Å². The van der Waals surface area contributed by atoms with E-state index in [4.69, 9.17) is 5.11 Å². The van der Waals surface area contributed by atoms with Gasteiger partial charge in [-0.25, -0.2) is 4.39 Å². The molecule has 0 spiro atoms. The lowest BCUT2D eigenvalue weighted by atomic mass is 10.0. The van der Waals surface area contributed by atoms with Gasteiger partial charge in [-0.1, -0.05) is 13.0 Å². The lowest BCUT2D eigenvalue weighted by Crippen LogP contribution is -2.17. The predicted molar refractivity (Wildman–Crippen MR) is 65.8 cm³/mol. The molecule has 1 aromatic rings. The van der Waals surface area contributed by atoms with E-state index in [-0.39, 0.29) is 30.4 Å². The van der Waals surface area contributed by atoms with Crippen molar-refractivity contribution in [1.29, 1.82) is 0 Å². The van der Waals surface area contributed by atoms with Crippen LogP contribution >= 0.6 is 0 Å². The molecule has 1 unspecified atom stereocenters.